The zero-order chi connectivity index (χ0) is 9.19. The number of hydrogen-bond donors (Lipinski definition) is 1. The van der Waals surface area contributed by atoms with E-state index in [1.807, 2.05) is 6.08 Å². The summed E-state index contributed by atoms with van der Waals surface area (Å²) >= 11 is 0. The molecule has 2 nitrogen and oxygen atoms in total. The second-order valence-corrected chi connectivity index (χ2v) is 4.03. The van der Waals surface area contributed by atoms with Crippen molar-refractivity contribution in [2.24, 2.45) is 0 Å². The van der Waals surface area contributed by atoms with Crippen molar-refractivity contribution in [2.75, 3.05) is 0 Å². The Hall–Kier alpha value is -0.630. The van der Waals surface area contributed by atoms with Gasteiger partial charge in [0.25, 0.3) is 0 Å². The fourth-order valence-electron chi connectivity index (χ4n) is 1.45. The van der Waals surface area contributed by atoms with Crippen LogP contribution in [0.1, 0.15) is 39.5 Å². The maximum atomic E-state index is 11.3. The zero-order valence-electron chi connectivity index (χ0n) is 7.76. The number of Topliss-reactive ketones (excluding diaryl/α,β-unsaturated/α-hetero) is 1. The predicted octanol–water partition coefficient (Wildman–Crippen LogP) is 1.83. The summed E-state index contributed by atoms with van der Waals surface area (Å²) in [6.07, 6.45) is 5.06. The summed E-state index contributed by atoms with van der Waals surface area (Å²) in [5, 5.41) is 9.49. The van der Waals surface area contributed by atoms with Gasteiger partial charge in [0.15, 0.2) is 5.78 Å². The van der Waals surface area contributed by atoms with Crippen LogP contribution in [-0.2, 0) is 4.79 Å². The standard InChI is InChI=1S/C10H16O2/c1-10(2,12)7-8-5-3-4-6-9(8)11/h5,12H,3-4,6-7H2,1-2H3. The summed E-state index contributed by atoms with van der Waals surface area (Å²) in [6.45, 7) is 3.46. The molecule has 0 atom stereocenters. The van der Waals surface area contributed by atoms with Crippen LogP contribution in [0.15, 0.2) is 11.6 Å². The molecule has 1 rings (SSSR count). The molecule has 0 bridgehead atoms. The molecule has 0 spiro atoms. The molecule has 1 aliphatic rings. The molecular weight excluding hydrogens is 152 g/mol. The van der Waals surface area contributed by atoms with E-state index in [0.717, 1.165) is 18.4 Å². The van der Waals surface area contributed by atoms with Crippen LogP contribution < -0.4 is 0 Å². The third kappa shape index (κ3) is 2.78. The highest BCUT2D eigenvalue weighted by atomic mass is 16.3. The zero-order valence-corrected chi connectivity index (χ0v) is 7.76. The molecule has 0 saturated heterocycles. The van der Waals surface area contributed by atoms with Gasteiger partial charge in [0, 0.05) is 12.8 Å². The van der Waals surface area contributed by atoms with Crippen molar-refractivity contribution >= 4 is 5.78 Å². The van der Waals surface area contributed by atoms with Crippen LogP contribution in [0.2, 0.25) is 0 Å². The molecule has 68 valence electrons. The smallest absolute Gasteiger partial charge is 0.158 e. The van der Waals surface area contributed by atoms with E-state index < -0.39 is 5.60 Å². The Morgan fingerprint density at radius 1 is 1.58 bits per heavy atom. The minimum atomic E-state index is -0.751. The Morgan fingerprint density at radius 3 is 2.75 bits per heavy atom. The Morgan fingerprint density at radius 2 is 2.25 bits per heavy atom. The van der Waals surface area contributed by atoms with Gasteiger partial charge >= 0.3 is 0 Å². The van der Waals surface area contributed by atoms with Gasteiger partial charge in [0.05, 0.1) is 5.60 Å². The Labute approximate surface area is 73.3 Å². The van der Waals surface area contributed by atoms with Gasteiger partial charge in [-0.15, -0.1) is 0 Å². The number of carbonyl (C=O) groups excluding carboxylic acids is 1. The monoisotopic (exact) mass is 168 g/mol. The summed E-state index contributed by atoms with van der Waals surface area (Å²) in [7, 11) is 0. The van der Waals surface area contributed by atoms with Gasteiger partial charge in [0.1, 0.15) is 0 Å². The van der Waals surface area contributed by atoms with Crippen molar-refractivity contribution < 1.29 is 9.90 Å². The van der Waals surface area contributed by atoms with E-state index >= 15 is 0 Å². The molecule has 0 amide bonds. The fraction of sp³-hybridized carbons (Fsp3) is 0.700. The minimum absolute atomic E-state index is 0.211. The predicted molar refractivity (Wildman–Crippen MR) is 47.9 cm³/mol. The van der Waals surface area contributed by atoms with E-state index in [-0.39, 0.29) is 5.78 Å². The maximum Gasteiger partial charge on any atom is 0.158 e. The van der Waals surface area contributed by atoms with Crippen molar-refractivity contribution in [1.29, 1.82) is 0 Å². The van der Waals surface area contributed by atoms with Crippen molar-refractivity contribution in [3.8, 4) is 0 Å². The normalized spacial score (nSPS) is 19.2. The molecule has 2 heteroatoms. The summed E-state index contributed by atoms with van der Waals surface area (Å²) < 4.78 is 0. The third-order valence-electron chi connectivity index (χ3n) is 1.98. The number of allylic oxidation sites excluding steroid dienone is 1. The lowest BCUT2D eigenvalue weighted by molar-refractivity contribution is -0.116. The first-order valence-corrected chi connectivity index (χ1v) is 4.44. The van der Waals surface area contributed by atoms with Crippen molar-refractivity contribution in [3.05, 3.63) is 11.6 Å². The van der Waals surface area contributed by atoms with Crippen LogP contribution in [-0.4, -0.2) is 16.5 Å². The highest BCUT2D eigenvalue weighted by molar-refractivity contribution is 5.96. The van der Waals surface area contributed by atoms with E-state index in [1.165, 1.54) is 0 Å². The molecule has 0 aliphatic heterocycles. The van der Waals surface area contributed by atoms with Gasteiger partial charge in [-0.1, -0.05) is 6.08 Å². The van der Waals surface area contributed by atoms with Crippen LogP contribution in [0.3, 0.4) is 0 Å². The summed E-state index contributed by atoms with van der Waals surface area (Å²) in [6, 6.07) is 0. The van der Waals surface area contributed by atoms with Gasteiger partial charge in [0.2, 0.25) is 0 Å². The van der Waals surface area contributed by atoms with Crippen LogP contribution >= 0.6 is 0 Å². The molecule has 1 N–H and O–H groups in total. The minimum Gasteiger partial charge on any atom is -0.390 e. The lowest BCUT2D eigenvalue weighted by Gasteiger charge is -2.20. The molecule has 0 radical (unpaired) electrons. The molecule has 0 aromatic carbocycles. The number of ketones is 1. The van der Waals surface area contributed by atoms with Crippen molar-refractivity contribution in [1.82, 2.24) is 0 Å². The fourth-order valence-corrected chi connectivity index (χ4v) is 1.45. The quantitative estimate of drug-likeness (QED) is 0.683. The van der Waals surface area contributed by atoms with E-state index in [2.05, 4.69) is 0 Å². The average Bonchev–Trinajstić information content (AvgIpc) is 1.91. The van der Waals surface area contributed by atoms with Crippen molar-refractivity contribution in [2.45, 2.75) is 45.1 Å². The first-order chi connectivity index (χ1) is 5.49. The van der Waals surface area contributed by atoms with Crippen molar-refractivity contribution in [3.63, 3.8) is 0 Å². The SMILES string of the molecule is CC(C)(O)CC1=CCCCC1=O. The molecule has 0 aromatic heterocycles. The first-order valence-electron chi connectivity index (χ1n) is 4.44. The second kappa shape index (κ2) is 3.40. The van der Waals surface area contributed by atoms with Gasteiger partial charge in [-0.25, -0.2) is 0 Å². The lowest BCUT2D eigenvalue weighted by Crippen LogP contribution is -2.22. The second-order valence-electron chi connectivity index (χ2n) is 4.03. The molecular formula is C10H16O2. The van der Waals surface area contributed by atoms with E-state index in [9.17, 15) is 9.90 Å². The summed E-state index contributed by atoms with van der Waals surface area (Å²) in [5.41, 5.74) is 0.0625. The lowest BCUT2D eigenvalue weighted by atomic mass is 9.90. The molecule has 0 aromatic rings. The number of aliphatic hydroxyl groups is 1. The van der Waals surface area contributed by atoms with E-state index in [1.54, 1.807) is 13.8 Å². The van der Waals surface area contributed by atoms with E-state index in [4.69, 9.17) is 0 Å². The number of rotatable bonds is 2. The van der Waals surface area contributed by atoms with Gasteiger partial charge in [-0.3, -0.25) is 4.79 Å². The summed E-state index contributed by atoms with van der Waals surface area (Å²) in [5.74, 6) is 0.211. The van der Waals surface area contributed by atoms with Crippen LogP contribution in [0.5, 0.6) is 0 Å². The number of hydrogen-bond acceptors (Lipinski definition) is 2. The molecule has 12 heavy (non-hydrogen) atoms. The molecule has 0 saturated carbocycles. The summed E-state index contributed by atoms with van der Waals surface area (Å²) in [4.78, 5) is 11.3. The highest BCUT2D eigenvalue weighted by Gasteiger charge is 2.21. The number of carbonyl (C=O) groups is 1. The van der Waals surface area contributed by atoms with Crippen LogP contribution in [0.4, 0.5) is 0 Å². The van der Waals surface area contributed by atoms with Gasteiger partial charge in [-0.2, -0.15) is 0 Å². The maximum absolute atomic E-state index is 11.3. The van der Waals surface area contributed by atoms with Gasteiger partial charge in [-0.05, 0) is 32.3 Å². The van der Waals surface area contributed by atoms with Gasteiger partial charge < -0.3 is 5.11 Å². The Balaban J connectivity index is 2.62. The molecule has 0 unspecified atom stereocenters. The molecule has 0 heterocycles. The van der Waals surface area contributed by atoms with E-state index in [0.29, 0.717) is 12.8 Å². The third-order valence-corrected chi connectivity index (χ3v) is 1.98. The Bertz CT molecular complexity index is 208. The van der Waals surface area contributed by atoms with Crippen LogP contribution in [0.25, 0.3) is 0 Å². The molecule has 1 aliphatic carbocycles. The topological polar surface area (TPSA) is 37.3 Å². The molecule has 0 fully saturated rings. The highest BCUT2D eigenvalue weighted by Crippen LogP contribution is 2.22. The van der Waals surface area contributed by atoms with Crippen LogP contribution in [0, 0.1) is 0 Å². The Kier molecular flexibility index (Phi) is 2.68. The average molecular weight is 168 g/mol. The first kappa shape index (κ1) is 9.46. The largest absolute Gasteiger partial charge is 0.390 e.